The topological polar surface area (TPSA) is 61.4 Å². The molecule has 1 unspecified atom stereocenters. The molecule has 0 radical (unpaired) electrons. The molecule has 20 heavy (non-hydrogen) atoms. The van der Waals surface area contributed by atoms with E-state index < -0.39 is 0 Å². The minimum absolute atomic E-state index is 0.174. The Balaban J connectivity index is 1.72. The predicted molar refractivity (Wildman–Crippen MR) is 80.7 cm³/mol. The lowest BCUT2D eigenvalue weighted by atomic mass is 9.92. The van der Waals surface area contributed by atoms with E-state index in [1.165, 1.54) is 5.57 Å². The molecule has 1 atom stereocenters. The summed E-state index contributed by atoms with van der Waals surface area (Å²) in [5, 5.41) is 15.1. The second kappa shape index (κ2) is 6.80. The van der Waals surface area contributed by atoms with E-state index in [4.69, 9.17) is 0 Å². The first-order valence-electron chi connectivity index (χ1n) is 6.83. The molecule has 2 amide bonds. The van der Waals surface area contributed by atoms with Crippen molar-refractivity contribution in [3.05, 3.63) is 53.8 Å². The highest BCUT2D eigenvalue weighted by Crippen LogP contribution is 2.24. The van der Waals surface area contributed by atoms with E-state index in [2.05, 4.69) is 10.6 Å². The molecule has 1 aromatic carbocycles. The SMILES string of the molecule is CC1CC(CCNC(=O)Nc2ccccc2)=CC=C1O. The van der Waals surface area contributed by atoms with Gasteiger partial charge in [0.2, 0.25) is 0 Å². The van der Waals surface area contributed by atoms with Crippen molar-refractivity contribution in [3.8, 4) is 0 Å². The third-order valence-corrected chi connectivity index (χ3v) is 3.33. The summed E-state index contributed by atoms with van der Waals surface area (Å²) in [6.07, 6.45) is 5.33. The molecule has 0 aromatic heterocycles. The van der Waals surface area contributed by atoms with Gasteiger partial charge in [-0.05, 0) is 31.1 Å². The van der Waals surface area contributed by atoms with Crippen LogP contribution in [0, 0.1) is 5.92 Å². The summed E-state index contributed by atoms with van der Waals surface area (Å²) in [6.45, 7) is 2.58. The molecule has 0 spiro atoms. The zero-order valence-electron chi connectivity index (χ0n) is 11.6. The van der Waals surface area contributed by atoms with Crippen LogP contribution in [0.15, 0.2) is 53.8 Å². The lowest BCUT2D eigenvalue weighted by Crippen LogP contribution is -2.29. The van der Waals surface area contributed by atoms with Crippen LogP contribution in [-0.4, -0.2) is 17.7 Å². The molecular formula is C16H20N2O2. The quantitative estimate of drug-likeness (QED) is 0.784. The third kappa shape index (κ3) is 4.16. The number of hydrogen-bond acceptors (Lipinski definition) is 2. The maximum absolute atomic E-state index is 11.7. The number of aliphatic hydroxyl groups excluding tert-OH is 1. The van der Waals surface area contributed by atoms with Crippen molar-refractivity contribution in [2.24, 2.45) is 5.92 Å². The summed E-state index contributed by atoms with van der Waals surface area (Å²) in [7, 11) is 0. The number of rotatable bonds is 4. The predicted octanol–water partition coefficient (Wildman–Crippen LogP) is 3.61. The molecule has 3 N–H and O–H groups in total. The highest BCUT2D eigenvalue weighted by molar-refractivity contribution is 5.89. The van der Waals surface area contributed by atoms with Gasteiger partial charge in [-0.2, -0.15) is 0 Å². The first-order chi connectivity index (χ1) is 9.65. The highest BCUT2D eigenvalue weighted by Gasteiger charge is 2.13. The van der Waals surface area contributed by atoms with Crippen molar-refractivity contribution >= 4 is 11.7 Å². The molecule has 4 heteroatoms. The molecule has 0 fully saturated rings. The van der Waals surface area contributed by atoms with Gasteiger partial charge in [-0.15, -0.1) is 0 Å². The Morgan fingerprint density at radius 2 is 2.05 bits per heavy atom. The molecule has 2 rings (SSSR count). The monoisotopic (exact) mass is 272 g/mol. The van der Waals surface area contributed by atoms with Gasteiger partial charge < -0.3 is 15.7 Å². The number of amides is 2. The molecule has 1 aliphatic carbocycles. The van der Waals surface area contributed by atoms with E-state index >= 15 is 0 Å². The van der Waals surface area contributed by atoms with Crippen LogP contribution < -0.4 is 10.6 Å². The van der Waals surface area contributed by atoms with E-state index in [9.17, 15) is 9.90 Å². The third-order valence-electron chi connectivity index (χ3n) is 3.33. The summed E-state index contributed by atoms with van der Waals surface area (Å²) >= 11 is 0. The summed E-state index contributed by atoms with van der Waals surface area (Å²) in [5.41, 5.74) is 2.03. The Hall–Kier alpha value is -2.23. The standard InChI is InChI=1S/C16H20N2O2/c1-12-11-13(7-8-15(12)19)9-10-17-16(20)18-14-5-3-2-4-6-14/h2-8,12,19H,9-11H2,1H3,(H2,17,18,20). The average Bonchev–Trinajstić information content (AvgIpc) is 2.44. The number of urea groups is 1. The number of carbonyl (C=O) groups is 1. The van der Waals surface area contributed by atoms with Crippen LogP contribution in [0.25, 0.3) is 0 Å². The zero-order valence-corrected chi connectivity index (χ0v) is 11.6. The van der Waals surface area contributed by atoms with Gasteiger partial charge in [-0.25, -0.2) is 4.79 Å². The van der Waals surface area contributed by atoms with E-state index in [1.807, 2.05) is 43.3 Å². The minimum Gasteiger partial charge on any atom is -0.512 e. The smallest absolute Gasteiger partial charge is 0.319 e. The first kappa shape index (κ1) is 14.2. The molecule has 0 aliphatic heterocycles. The van der Waals surface area contributed by atoms with Crippen LogP contribution >= 0.6 is 0 Å². The molecular weight excluding hydrogens is 252 g/mol. The first-order valence-corrected chi connectivity index (χ1v) is 6.83. The van der Waals surface area contributed by atoms with Crippen molar-refractivity contribution < 1.29 is 9.90 Å². The van der Waals surface area contributed by atoms with Gasteiger partial charge in [0, 0.05) is 18.2 Å². The normalized spacial score (nSPS) is 17.9. The van der Waals surface area contributed by atoms with E-state index in [-0.39, 0.29) is 11.9 Å². The van der Waals surface area contributed by atoms with Crippen LogP contribution in [0.2, 0.25) is 0 Å². The number of aliphatic hydroxyl groups is 1. The molecule has 106 valence electrons. The zero-order chi connectivity index (χ0) is 14.4. The molecule has 4 nitrogen and oxygen atoms in total. The highest BCUT2D eigenvalue weighted by atomic mass is 16.3. The fourth-order valence-corrected chi connectivity index (χ4v) is 2.15. The molecule has 0 heterocycles. The molecule has 0 saturated carbocycles. The Morgan fingerprint density at radius 1 is 1.30 bits per heavy atom. The van der Waals surface area contributed by atoms with E-state index in [0.29, 0.717) is 12.3 Å². The molecule has 1 aliphatic rings. The Kier molecular flexibility index (Phi) is 4.82. The van der Waals surface area contributed by atoms with Crippen LogP contribution in [0.3, 0.4) is 0 Å². The van der Waals surface area contributed by atoms with Crippen LogP contribution in [-0.2, 0) is 0 Å². The molecule has 0 saturated heterocycles. The largest absolute Gasteiger partial charge is 0.512 e. The van der Waals surface area contributed by atoms with E-state index in [1.54, 1.807) is 6.08 Å². The van der Waals surface area contributed by atoms with Gasteiger partial charge in [-0.3, -0.25) is 0 Å². The van der Waals surface area contributed by atoms with Gasteiger partial charge in [0.25, 0.3) is 0 Å². The molecule has 1 aromatic rings. The lowest BCUT2D eigenvalue weighted by molar-refractivity contribution is 0.252. The van der Waals surface area contributed by atoms with Crippen molar-refractivity contribution in [1.82, 2.24) is 5.32 Å². The van der Waals surface area contributed by atoms with Crippen molar-refractivity contribution in [1.29, 1.82) is 0 Å². The van der Waals surface area contributed by atoms with Crippen molar-refractivity contribution in [2.75, 3.05) is 11.9 Å². The van der Waals surface area contributed by atoms with Gasteiger partial charge in [0.15, 0.2) is 0 Å². The maximum atomic E-state index is 11.7. The van der Waals surface area contributed by atoms with Crippen molar-refractivity contribution in [3.63, 3.8) is 0 Å². The Labute approximate surface area is 119 Å². The minimum atomic E-state index is -0.195. The summed E-state index contributed by atoms with van der Waals surface area (Å²) in [5.74, 6) is 0.608. The van der Waals surface area contributed by atoms with Crippen LogP contribution in [0.1, 0.15) is 19.8 Å². The van der Waals surface area contributed by atoms with Gasteiger partial charge in [0.05, 0.1) is 5.76 Å². The number of carbonyl (C=O) groups excluding carboxylic acids is 1. The maximum Gasteiger partial charge on any atom is 0.319 e. The number of benzene rings is 1. The summed E-state index contributed by atoms with van der Waals surface area (Å²) in [6, 6.07) is 9.16. The number of para-hydroxylation sites is 1. The second-order valence-electron chi connectivity index (χ2n) is 5.02. The fourth-order valence-electron chi connectivity index (χ4n) is 2.15. The van der Waals surface area contributed by atoms with Gasteiger partial charge in [0.1, 0.15) is 0 Å². The Morgan fingerprint density at radius 3 is 2.75 bits per heavy atom. The number of hydrogen-bond donors (Lipinski definition) is 3. The average molecular weight is 272 g/mol. The van der Waals surface area contributed by atoms with Crippen LogP contribution in [0.5, 0.6) is 0 Å². The van der Waals surface area contributed by atoms with Gasteiger partial charge in [-0.1, -0.05) is 36.8 Å². The second-order valence-corrected chi connectivity index (χ2v) is 5.02. The molecule has 0 bridgehead atoms. The van der Waals surface area contributed by atoms with Crippen molar-refractivity contribution in [2.45, 2.75) is 19.8 Å². The number of anilines is 1. The number of allylic oxidation sites excluding steroid dienone is 3. The fraction of sp³-hybridized carbons (Fsp3) is 0.312. The van der Waals surface area contributed by atoms with Crippen LogP contribution in [0.4, 0.5) is 10.5 Å². The number of nitrogens with one attached hydrogen (secondary N) is 2. The summed E-state index contributed by atoms with van der Waals surface area (Å²) in [4.78, 5) is 11.7. The summed E-state index contributed by atoms with van der Waals surface area (Å²) < 4.78 is 0. The van der Waals surface area contributed by atoms with E-state index in [0.717, 1.165) is 18.5 Å². The Bertz CT molecular complexity index is 521. The van der Waals surface area contributed by atoms with Gasteiger partial charge >= 0.3 is 6.03 Å². The lowest BCUT2D eigenvalue weighted by Gasteiger charge is -2.17.